The molecule has 180 valence electrons. The number of alkyl halides is 2. The van der Waals surface area contributed by atoms with Crippen molar-refractivity contribution in [1.82, 2.24) is 0 Å². The number of hydrogen-bond donors (Lipinski definition) is 1. The molecule has 1 N–H and O–H groups in total. The van der Waals surface area contributed by atoms with Gasteiger partial charge in [0.2, 0.25) is 12.7 Å². The molecule has 10 heteroatoms. The molecule has 1 saturated carbocycles. The Balaban J connectivity index is 1.55. The van der Waals surface area contributed by atoms with E-state index in [0.29, 0.717) is 5.56 Å². The second-order valence-corrected chi connectivity index (χ2v) is 8.93. The van der Waals surface area contributed by atoms with Gasteiger partial charge in [0.25, 0.3) is 0 Å². The first kappa shape index (κ1) is 25.1. The number of ether oxygens (including phenoxy) is 2. The molecule has 33 heavy (non-hydrogen) atoms. The van der Waals surface area contributed by atoms with Crippen LogP contribution >= 0.6 is 0 Å². The number of para-hydroxylation sites is 1. The molecule has 0 amide bonds. The van der Waals surface area contributed by atoms with E-state index in [4.69, 9.17) is 14.1 Å². The van der Waals surface area contributed by atoms with Crippen molar-refractivity contribution < 1.29 is 42.3 Å². The Bertz CT molecular complexity index is 865. The Morgan fingerprint density at radius 1 is 1.18 bits per heavy atom. The molecule has 7 nitrogen and oxygen atoms in total. The highest BCUT2D eigenvalue weighted by Crippen LogP contribution is 2.37. The predicted octanol–water partition coefficient (Wildman–Crippen LogP) is 4.10. The highest BCUT2D eigenvalue weighted by molar-refractivity contribution is 6.47. The molecule has 3 rings (SSSR count). The summed E-state index contributed by atoms with van der Waals surface area (Å²) in [5, 5.41) is 10.3. The number of carbonyl (C=O) groups is 3. The van der Waals surface area contributed by atoms with Crippen molar-refractivity contribution in [1.29, 1.82) is 0 Å². The molecule has 0 saturated heterocycles. The molecule has 0 bridgehead atoms. The first-order valence-electron chi connectivity index (χ1n) is 11.3. The van der Waals surface area contributed by atoms with E-state index in [1.165, 1.54) is 6.07 Å². The third-order valence-electron chi connectivity index (χ3n) is 6.10. The Labute approximate surface area is 191 Å². The highest BCUT2D eigenvalue weighted by Gasteiger charge is 2.38. The van der Waals surface area contributed by atoms with E-state index in [1.807, 2.05) is 0 Å². The SMILES string of the molecule is CC(F)(F)CCC(=O)C[C@H]1Cc2cccc(C(=O)OCOC(=O)C3CCCCC3)c2OB1O. The van der Waals surface area contributed by atoms with E-state index in [9.17, 15) is 28.2 Å². The van der Waals surface area contributed by atoms with Gasteiger partial charge in [-0.2, -0.15) is 0 Å². The summed E-state index contributed by atoms with van der Waals surface area (Å²) in [6.45, 7) is 0.242. The van der Waals surface area contributed by atoms with Gasteiger partial charge in [0.15, 0.2) is 0 Å². The first-order chi connectivity index (χ1) is 15.6. The van der Waals surface area contributed by atoms with Gasteiger partial charge in [0, 0.05) is 25.1 Å². The van der Waals surface area contributed by atoms with Crippen LogP contribution in [0.25, 0.3) is 0 Å². The predicted molar refractivity (Wildman–Crippen MR) is 115 cm³/mol. The van der Waals surface area contributed by atoms with Crippen LogP contribution in [0.1, 0.15) is 74.2 Å². The number of ketones is 1. The normalized spacial score (nSPS) is 18.8. The Morgan fingerprint density at radius 2 is 1.91 bits per heavy atom. The lowest BCUT2D eigenvalue weighted by Crippen LogP contribution is -2.36. The largest absolute Gasteiger partial charge is 0.535 e. The maximum atomic E-state index is 13.0. The van der Waals surface area contributed by atoms with Gasteiger partial charge in [0.1, 0.15) is 17.1 Å². The summed E-state index contributed by atoms with van der Waals surface area (Å²) >= 11 is 0. The lowest BCUT2D eigenvalue weighted by Gasteiger charge is -2.28. The molecule has 1 aliphatic heterocycles. The zero-order valence-corrected chi connectivity index (χ0v) is 18.7. The fourth-order valence-electron chi connectivity index (χ4n) is 4.25. The molecule has 1 atom stereocenters. The van der Waals surface area contributed by atoms with Crippen LogP contribution in [-0.2, 0) is 25.5 Å². The number of hydrogen-bond acceptors (Lipinski definition) is 7. The number of benzene rings is 1. The number of fused-ring (bicyclic) bond motifs is 1. The second-order valence-electron chi connectivity index (χ2n) is 8.93. The highest BCUT2D eigenvalue weighted by atomic mass is 19.3. The minimum absolute atomic E-state index is 0.0654. The van der Waals surface area contributed by atoms with Crippen LogP contribution in [0.2, 0.25) is 5.82 Å². The van der Waals surface area contributed by atoms with Gasteiger partial charge in [-0.25, -0.2) is 13.6 Å². The molecular formula is C23H29BF2O7. The van der Waals surface area contributed by atoms with E-state index in [2.05, 4.69) is 0 Å². The topological polar surface area (TPSA) is 99.1 Å². The quantitative estimate of drug-likeness (QED) is 0.332. The Kier molecular flexibility index (Phi) is 8.45. The molecule has 1 aromatic carbocycles. The standard InChI is InChI=1S/C23H29BF2O7/c1-23(25,26)11-10-18(27)13-17-12-16-8-5-9-19(20(16)33-24(17)30)22(29)32-14-31-21(28)15-6-3-2-4-7-15/h5,8-9,15,17,30H,2-4,6-7,10-14H2,1H3/t17-/m1/s1. The number of carbonyl (C=O) groups excluding carboxylic acids is 3. The van der Waals surface area contributed by atoms with Gasteiger partial charge >= 0.3 is 19.1 Å². The van der Waals surface area contributed by atoms with Crippen LogP contribution in [0.4, 0.5) is 8.78 Å². The van der Waals surface area contributed by atoms with Crippen LogP contribution in [0.15, 0.2) is 18.2 Å². The zero-order valence-electron chi connectivity index (χ0n) is 18.7. The minimum atomic E-state index is -2.93. The second kappa shape index (κ2) is 11.1. The molecule has 1 heterocycles. The average Bonchev–Trinajstić information content (AvgIpc) is 2.78. The van der Waals surface area contributed by atoms with Gasteiger partial charge in [-0.15, -0.1) is 0 Å². The van der Waals surface area contributed by atoms with E-state index in [1.54, 1.807) is 12.1 Å². The lowest BCUT2D eigenvalue weighted by atomic mass is 9.64. The molecule has 0 aromatic heterocycles. The van der Waals surface area contributed by atoms with Crippen molar-refractivity contribution in [2.75, 3.05) is 6.79 Å². The van der Waals surface area contributed by atoms with Crippen LogP contribution in [-0.4, -0.2) is 42.6 Å². The fraction of sp³-hybridized carbons (Fsp3) is 0.609. The van der Waals surface area contributed by atoms with Crippen LogP contribution in [0.3, 0.4) is 0 Å². The third kappa shape index (κ3) is 7.25. The Morgan fingerprint density at radius 3 is 2.61 bits per heavy atom. The monoisotopic (exact) mass is 466 g/mol. The van der Waals surface area contributed by atoms with Crippen LogP contribution in [0, 0.1) is 5.92 Å². The number of esters is 2. The summed E-state index contributed by atoms with van der Waals surface area (Å²) in [5.74, 6) is -5.10. The van der Waals surface area contributed by atoms with Crippen molar-refractivity contribution in [2.45, 2.75) is 76.5 Å². The number of halogens is 2. The van der Waals surface area contributed by atoms with Crippen molar-refractivity contribution in [3.05, 3.63) is 29.3 Å². The summed E-state index contributed by atoms with van der Waals surface area (Å²) < 4.78 is 41.6. The molecule has 0 spiro atoms. The third-order valence-corrected chi connectivity index (χ3v) is 6.10. The van der Waals surface area contributed by atoms with E-state index >= 15 is 0 Å². The summed E-state index contributed by atoms with van der Waals surface area (Å²) in [6.07, 6.45) is 3.90. The average molecular weight is 466 g/mol. The molecule has 1 fully saturated rings. The first-order valence-corrected chi connectivity index (χ1v) is 11.3. The number of Topliss-reactive ketones (excluding diaryl/α,β-unsaturated/α-hetero) is 1. The lowest BCUT2D eigenvalue weighted by molar-refractivity contribution is -0.158. The van der Waals surface area contributed by atoms with Crippen molar-refractivity contribution in [3.63, 3.8) is 0 Å². The molecule has 1 aromatic rings. The molecule has 1 aliphatic carbocycles. The molecule has 2 aliphatic rings. The van der Waals surface area contributed by atoms with Gasteiger partial charge in [-0.1, -0.05) is 31.4 Å². The van der Waals surface area contributed by atoms with Gasteiger partial charge in [-0.05, 0) is 37.8 Å². The summed E-state index contributed by atoms with van der Waals surface area (Å²) in [6, 6.07) is 4.77. The summed E-state index contributed by atoms with van der Waals surface area (Å²) in [7, 11) is -1.37. The van der Waals surface area contributed by atoms with Gasteiger partial charge < -0.3 is 19.2 Å². The van der Waals surface area contributed by atoms with Crippen molar-refractivity contribution >= 4 is 24.8 Å². The number of rotatable bonds is 9. The van der Waals surface area contributed by atoms with E-state index in [-0.39, 0.29) is 48.2 Å². The van der Waals surface area contributed by atoms with Gasteiger partial charge in [0.05, 0.1) is 5.92 Å². The summed E-state index contributed by atoms with van der Waals surface area (Å²) in [5.41, 5.74) is 0.656. The smallest absolute Gasteiger partial charge is 0.526 e. The summed E-state index contributed by atoms with van der Waals surface area (Å²) in [4.78, 5) is 36.7. The van der Waals surface area contributed by atoms with E-state index in [0.717, 1.165) is 39.0 Å². The van der Waals surface area contributed by atoms with Gasteiger partial charge in [-0.3, -0.25) is 9.59 Å². The molecule has 0 radical (unpaired) electrons. The van der Waals surface area contributed by atoms with Crippen LogP contribution < -0.4 is 4.65 Å². The van der Waals surface area contributed by atoms with Crippen LogP contribution in [0.5, 0.6) is 5.75 Å². The van der Waals surface area contributed by atoms with E-state index < -0.39 is 38.0 Å². The molecule has 0 unspecified atom stereocenters. The zero-order chi connectivity index (χ0) is 24.0. The van der Waals surface area contributed by atoms with Crippen molar-refractivity contribution in [2.24, 2.45) is 5.92 Å². The fourth-order valence-corrected chi connectivity index (χ4v) is 4.25. The molecular weight excluding hydrogens is 437 g/mol. The maximum Gasteiger partial charge on any atom is 0.526 e. The van der Waals surface area contributed by atoms with Crippen molar-refractivity contribution in [3.8, 4) is 5.75 Å². The maximum absolute atomic E-state index is 13.0. The minimum Gasteiger partial charge on any atom is -0.535 e. The Hall–Kier alpha value is -2.49.